The Morgan fingerprint density at radius 1 is 0.952 bits per heavy atom. The number of benzene rings is 2. The van der Waals surface area contributed by atoms with Crippen molar-refractivity contribution in [3.05, 3.63) is 87.5 Å². The summed E-state index contributed by atoms with van der Waals surface area (Å²) in [4.78, 5) is 70.1. The highest BCUT2D eigenvalue weighted by molar-refractivity contribution is 6.36. The molecule has 2 saturated heterocycles. The molecule has 7 rings (SSSR count). The van der Waals surface area contributed by atoms with E-state index in [0.717, 1.165) is 28.9 Å². The molecule has 2 aromatic carbocycles. The van der Waals surface area contributed by atoms with Crippen LogP contribution in [-0.2, 0) is 28.6 Å². The number of halogens is 3. The zero-order valence-electron chi connectivity index (χ0n) is 34.4. The third kappa shape index (κ3) is 10.6. The molecule has 63 heavy (non-hydrogen) atoms. The average molecular weight is 910 g/mol. The van der Waals surface area contributed by atoms with Gasteiger partial charge in [-0.3, -0.25) is 38.9 Å². The second-order valence-corrected chi connectivity index (χ2v) is 15.9. The monoisotopic (exact) mass is 908 g/mol. The zero-order chi connectivity index (χ0) is 44.6. The van der Waals surface area contributed by atoms with Crippen molar-refractivity contribution in [2.75, 3.05) is 70.3 Å². The number of nitrogen functional groups attached to an aromatic ring is 1. The van der Waals surface area contributed by atoms with Crippen LogP contribution in [0.15, 0.2) is 55.0 Å². The third-order valence-electron chi connectivity index (χ3n) is 11.0. The first-order valence-corrected chi connectivity index (χ1v) is 21.4. The number of carbonyl (C=O) groups excluding carboxylic acids is 5. The van der Waals surface area contributed by atoms with E-state index in [1.165, 1.54) is 18.2 Å². The van der Waals surface area contributed by atoms with E-state index in [-0.39, 0.29) is 64.8 Å². The lowest BCUT2D eigenvalue weighted by atomic mass is 10.0. The summed E-state index contributed by atoms with van der Waals surface area (Å²) < 4.78 is 38.9. The van der Waals surface area contributed by atoms with Gasteiger partial charge < -0.3 is 34.9 Å². The molecule has 5 amide bonds. The normalized spacial score (nSPS) is 17.2. The highest BCUT2D eigenvalue weighted by Crippen LogP contribution is 2.38. The summed E-state index contributed by atoms with van der Waals surface area (Å²) in [6.45, 7) is 5.13. The average Bonchev–Trinajstić information content (AvgIpc) is 3.86. The Hall–Kier alpha value is -5.66. The second-order valence-electron chi connectivity index (χ2n) is 15.1. The summed E-state index contributed by atoms with van der Waals surface area (Å²) in [5.41, 5.74) is 8.79. The molecule has 5 heterocycles. The maximum Gasteiger partial charge on any atom is 0.264 e. The van der Waals surface area contributed by atoms with Crippen LogP contribution in [0.5, 0.6) is 5.75 Å². The van der Waals surface area contributed by atoms with Crippen LogP contribution in [0.25, 0.3) is 11.1 Å². The molecule has 2 atom stereocenters. The number of anilines is 2. The molecule has 3 aliphatic heterocycles. The van der Waals surface area contributed by atoms with Gasteiger partial charge in [0, 0.05) is 65.8 Å². The molecule has 0 bridgehead atoms. The molecular formula is C43H47Cl2FN8O9. The van der Waals surface area contributed by atoms with Gasteiger partial charge in [-0.05, 0) is 56.5 Å². The molecule has 4 aromatic rings. The van der Waals surface area contributed by atoms with E-state index in [1.807, 2.05) is 15.8 Å². The lowest BCUT2D eigenvalue weighted by Crippen LogP contribution is -2.54. The van der Waals surface area contributed by atoms with Crippen LogP contribution in [0.4, 0.5) is 15.9 Å². The Balaban J connectivity index is 0.746. The minimum Gasteiger partial charge on any atom is -0.482 e. The fraction of sp³-hybridized carbons (Fsp3) is 0.419. The van der Waals surface area contributed by atoms with Crippen LogP contribution in [0.1, 0.15) is 77.5 Å². The van der Waals surface area contributed by atoms with Crippen molar-refractivity contribution >= 4 is 64.2 Å². The smallest absolute Gasteiger partial charge is 0.264 e. The van der Waals surface area contributed by atoms with Crippen molar-refractivity contribution in [1.29, 1.82) is 0 Å². The third-order valence-corrected chi connectivity index (χ3v) is 11.7. The molecule has 3 aliphatic rings. The summed E-state index contributed by atoms with van der Waals surface area (Å²) in [7, 11) is 0. The van der Waals surface area contributed by atoms with Crippen molar-refractivity contribution in [1.82, 2.24) is 29.9 Å². The van der Waals surface area contributed by atoms with Crippen LogP contribution in [0, 0.1) is 5.82 Å². The number of amides is 5. The van der Waals surface area contributed by atoms with E-state index in [9.17, 15) is 28.4 Å². The second kappa shape index (κ2) is 20.7. The van der Waals surface area contributed by atoms with Gasteiger partial charge in [-0.25, -0.2) is 9.37 Å². The Kier molecular flexibility index (Phi) is 14.9. The van der Waals surface area contributed by atoms with E-state index in [2.05, 4.69) is 20.7 Å². The molecule has 1 unspecified atom stereocenters. The van der Waals surface area contributed by atoms with E-state index in [0.29, 0.717) is 69.7 Å². The van der Waals surface area contributed by atoms with Gasteiger partial charge in [-0.15, -0.1) is 0 Å². The highest BCUT2D eigenvalue weighted by Gasteiger charge is 2.45. The van der Waals surface area contributed by atoms with Crippen LogP contribution in [-0.4, -0.2) is 119 Å². The van der Waals surface area contributed by atoms with Gasteiger partial charge in [0.2, 0.25) is 17.7 Å². The number of pyridine rings is 1. The lowest BCUT2D eigenvalue weighted by Gasteiger charge is -2.32. The number of fused-ring (bicyclic) bond motifs is 1. The van der Waals surface area contributed by atoms with Crippen molar-refractivity contribution in [3.63, 3.8) is 0 Å². The van der Waals surface area contributed by atoms with Crippen molar-refractivity contribution < 1.29 is 47.3 Å². The molecule has 0 spiro atoms. The molecule has 2 fully saturated rings. The Labute approximate surface area is 372 Å². The summed E-state index contributed by atoms with van der Waals surface area (Å²) in [5, 5.41) is 10.1. The number of ether oxygens (including phenoxy) is 4. The molecule has 17 nitrogen and oxygen atoms in total. The number of piperidine rings is 2. The standard InChI is InChI=1S/C43H47Cl2FN8O9/c1-25(37-30(44)5-6-31(46)39(37)45)63-34-21-26(22-49-40(34)47)27-23-50-53(24-27)28-9-13-52(14-10-28)36(56)11-15-60-17-19-62-20-18-61-16-12-48-32-4-2-3-29-38(32)43(59)54(42(29)58)33-7-8-35(55)51-41(33)57/h2-6,21-25,28,33,48H,7-20H2,1H3,(H2,47,49)(H,51,55,57)/t25-,33?/m1/s1. The van der Waals surface area contributed by atoms with Crippen molar-refractivity contribution in [3.8, 4) is 16.9 Å². The Bertz CT molecular complexity index is 2360. The van der Waals surface area contributed by atoms with Gasteiger partial charge in [-0.1, -0.05) is 29.3 Å². The van der Waals surface area contributed by atoms with E-state index >= 15 is 0 Å². The van der Waals surface area contributed by atoms with Crippen LogP contribution < -0.4 is 21.1 Å². The lowest BCUT2D eigenvalue weighted by molar-refractivity contribution is -0.136. The van der Waals surface area contributed by atoms with Gasteiger partial charge in [0.15, 0.2) is 11.6 Å². The summed E-state index contributed by atoms with van der Waals surface area (Å²) >= 11 is 12.5. The maximum absolute atomic E-state index is 14.1. The van der Waals surface area contributed by atoms with Gasteiger partial charge in [0.05, 0.1) is 74.5 Å². The minimum absolute atomic E-state index is 0.0242. The SMILES string of the molecule is C[C@@H](Oc1cc(-c2cnn(C3CCN(C(=O)CCOCCOCCOCCNc4cccc5c4C(=O)N(C4CCC(=O)NC4=O)C5=O)CC3)c2)cnc1N)c1c(Cl)ccc(F)c1Cl. The number of imide groups is 2. The topological polar surface area (TPSA) is 210 Å². The summed E-state index contributed by atoms with van der Waals surface area (Å²) in [6.07, 6.45) is 6.45. The molecular weight excluding hydrogens is 862 g/mol. The molecule has 0 aliphatic carbocycles. The fourth-order valence-corrected chi connectivity index (χ4v) is 8.40. The number of nitrogens with zero attached hydrogens (tertiary/aromatic N) is 5. The largest absolute Gasteiger partial charge is 0.482 e. The van der Waals surface area contributed by atoms with Crippen LogP contribution >= 0.6 is 23.2 Å². The van der Waals surface area contributed by atoms with E-state index < -0.39 is 41.6 Å². The number of rotatable bonds is 19. The first kappa shape index (κ1) is 45.4. The van der Waals surface area contributed by atoms with Gasteiger partial charge in [0.25, 0.3) is 11.8 Å². The number of carbonyl (C=O) groups is 5. The van der Waals surface area contributed by atoms with Crippen LogP contribution in [0.3, 0.4) is 0 Å². The zero-order valence-corrected chi connectivity index (χ0v) is 36.0. The highest BCUT2D eigenvalue weighted by atomic mass is 35.5. The molecule has 20 heteroatoms. The Morgan fingerprint density at radius 3 is 2.43 bits per heavy atom. The van der Waals surface area contributed by atoms with Crippen molar-refractivity contribution in [2.24, 2.45) is 0 Å². The molecule has 0 radical (unpaired) electrons. The summed E-state index contributed by atoms with van der Waals surface area (Å²) in [5.74, 6) is -2.37. The van der Waals surface area contributed by atoms with Crippen molar-refractivity contribution in [2.45, 2.75) is 57.2 Å². The fourth-order valence-electron chi connectivity index (χ4n) is 7.72. The molecule has 2 aromatic heterocycles. The first-order valence-electron chi connectivity index (χ1n) is 20.6. The predicted octanol–water partition coefficient (Wildman–Crippen LogP) is 5.23. The predicted molar refractivity (Wildman–Crippen MR) is 229 cm³/mol. The van der Waals surface area contributed by atoms with Crippen LogP contribution in [0.2, 0.25) is 10.0 Å². The number of hydrogen-bond donors (Lipinski definition) is 3. The number of nitrogens with one attached hydrogen (secondary N) is 2. The quantitative estimate of drug-likeness (QED) is 0.0627. The van der Waals surface area contributed by atoms with E-state index in [4.69, 9.17) is 47.9 Å². The van der Waals surface area contributed by atoms with Gasteiger partial charge >= 0.3 is 0 Å². The Morgan fingerprint density at radius 2 is 1.68 bits per heavy atom. The van der Waals surface area contributed by atoms with Gasteiger partial charge in [-0.2, -0.15) is 5.10 Å². The number of nitrogens with two attached hydrogens (primary N) is 1. The van der Waals surface area contributed by atoms with E-state index in [1.54, 1.807) is 37.5 Å². The maximum atomic E-state index is 14.1. The molecule has 0 saturated carbocycles. The minimum atomic E-state index is -1.03. The first-order chi connectivity index (χ1) is 30.4. The molecule has 334 valence electrons. The number of hydrogen-bond acceptors (Lipinski definition) is 13. The number of likely N-dealkylation sites (tertiary alicyclic amines) is 1. The molecule has 4 N–H and O–H groups in total. The number of aromatic nitrogens is 3. The summed E-state index contributed by atoms with van der Waals surface area (Å²) in [6, 6.07) is 8.30. The van der Waals surface area contributed by atoms with Gasteiger partial charge in [0.1, 0.15) is 18.0 Å².